The van der Waals surface area contributed by atoms with Gasteiger partial charge in [0.25, 0.3) is 5.91 Å². The Kier molecular flexibility index (Phi) is 7.82. The SMILES string of the molecule is CCc1cccc(NC(N)=NCc2cccc(C(=O)NCCN(C)C)c2)c1. The van der Waals surface area contributed by atoms with E-state index in [0.717, 1.165) is 24.2 Å². The van der Waals surface area contributed by atoms with Crippen LogP contribution in [0.3, 0.4) is 0 Å². The summed E-state index contributed by atoms with van der Waals surface area (Å²) in [6.07, 6.45) is 0.968. The molecule has 0 saturated carbocycles. The van der Waals surface area contributed by atoms with Gasteiger partial charge in [-0.15, -0.1) is 0 Å². The molecule has 2 aromatic carbocycles. The Morgan fingerprint density at radius 3 is 2.59 bits per heavy atom. The second-order valence-corrected chi connectivity index (χ2v) is 6.64. The molecule has 1 amide bonds. The molecule has 2 aromatic rings. The lowest BCUT2D eigenvalue weighted by Gasteiger charge is -2.11. The van der Waals surface area contributed by atoms with Crippen LogP contribution >= 0.6 is 0 Å². The van der Waals surface area contributed by atoms with Crippen LogP contribution in [-0.2, 0) is 13.0 Å². The zero-order valence-corrected chi connectivity index (χ0v) is 16.3. The molecule has 6 nitrogen and oxygen atoms in total. The van der Waals surface area contributed by atoms with Crippen LogP contribution in [0.5, 0.6) is 0 Å². The van der Waals surface area contributed by atoms with E-state index >= 15 is 0 Å². The summed E-state index contributed by atoms with van der Waals surface area (Å²) in [6.45, 7) is 3.93. The second-order valence-electron chi connectivity index (χ2n) is 6.64. The van der Waals surface area contributed by atoms with Gasteiger partial charge in [-0.3, -0.25) is 4.79 Å². The number of nitrogens with two attached hydrogens (primary N) is 1. The van der Waals surface area contributed by atoms with E-state index in [0.29, 0.717) is 24.6 Å². The molecule has 0 aliphatic carbocycles. The minimum absolute atomic E-state index is 0.0786. The number of nitrogens with one attached hydrogen (secondary N) is 2. The average Bonchev–Trinajstić information content (AvgIpc) is 2.66. The molecule has 144 valence electrons. The van der Waals surface area contributed by atoms with Crippen molar-refractivity contribution in [1.82, 2.24) is 10.2 Å². The van der Waals surface area contributed by atoms with E-state index in [1.165, 1.54) is 5.56 Å². The van der Waals surface area contributed by atoms with Crippen LogP contribution in [0.2, 0.25) is 0 Å². The van der Waals surface area contributed by atoms with E-state index in [9.17, 15) is 4.79 Å². The molecule has 0 aliphatic heterocycles. The number of hydrogen-bond acceptors (Lipinski definition) is 3. The highest BCUT2D eigenvalue weighted by Gasteiger charge is 2.06. The van der Waals surface area contributed by atoms with Crippen molar-refractivity contribution in [3.63, 3.8) is 0 Å². The maximum Gasteiger partial charge on any atom is 0.251 e. The first kappa shape index (κ1) is 20.5. The molecule has 0 spiro atoms. The molecule has 0 unspecified atom stereocenters. The number of nitrogens with zero attached hydrogens (tertiary/aromatic N) is 2. The number of amides is 1. The van der Waals surface area contributed by atoms with Crippen LogP contribution in [0.1, 0.15) is 28.4 Å². The number of hydrogen-bond donors (Lipinski definition) is 3. The largest absolute Gasteiger partial charge is 0.370 e. The normalized spacial score (nSPS) is 11.5. The summed E-state index contributed by atoms with van der Waals surface area (Å²) in [7, 11) is 3.95. The van der Waals surface area contributed by atoms with Gasteiger partial charge in [0.15, 0.2) is 5.96 Å². The number of benzene rings is 2. The molecule has 0 heterocycles. The van der Waals surface area contributed by atoms with Crippen molar-refractivity contribution in [2.24, 2.45) is 10.7 Å². The number of rotatable bonds is 8. The lowest BCUT2D eigenvalue weighted by molar-refractivity contribution is 0.0951. The first-order chi connectivity index (χ1) is 13.0. The van der Waals surface area contributed by atoms with E-state index in [1.54, 1.807) is 6.07 Å². The molecule has 0 atom stereocenters. The van der Waals surface area contributed by atoms with Crippen LogP contribution in [-0.4, -0.2) is 44.0 Å². The van der Waals surface area contributed by atoms with Crippen molar-refractivity contribution in [3.05, 3.63) is 65.2 Å². The highest BCUT2D eigenvalue weighted by Crippen LogP contribution is 2.11. The fourth-order valence-electron chi connectivity index (χ4n) is 2.54. The van der Waals surface area contributed by atoms with Crippen LogP contribution in [0.25, 0.3) is 0 Å². The fraction of sp³-hybridized carbons (Fsp3) is 0.333. The summed E-state index contributed by atoms with van der Waals surface area (Å²) in [5, 5.41) is 6.02. The number of carbonyl (C=O) groups excluding carboxylic acids is 1. The third-order valence-corrected chi connectivity index (χ3v) is 4.07. The number of likely N-dealkylation sites (N-methyl/N-ethyl adjacent to an activating group) is 1. The first-order valence-electron chi connectivity index (χ1n) is 9.15. The molecule has 0 saturated heterocycles. The zero-order chi connectivity index (χ0) is 19.6. The van der Waals surface area contributed by atoms with E-state index in [1.807, 2.05) is 49.3 Å². The highest BCUT2D eigenvalue weighted by atomic mass is 16.1. The second kappa shape index (κ2) is 10.3. The standard InChI is InChI=1S/C21H29N5O/c1-4-16-7-6-10-19(14-16)25-21(22)24-15-17-8-5-9-18(13-17)20(27)23-11-12-26(2)3/h5-10,13-14H,4,11-12,15H2,1-3H3,(H,23,27)(H3,22,24,25). The van der Waals surface area contributed by atoms with Gasteiger partial charge in [-0.2, -0.15) is 0 Å². The van der Waals surface area contributed by atoms with Gasteiger partial charge in [-0.05, 0) is 55.9 Å². The minimum Gasteiger partial charge on any atom is -0.370 e. The van der Waals surface area contributed by atoms with Crippen LogP contribution < -0.4 is 16.4 Å². The van der Waals surface area contributed by atoms with Gasteiger partial charge >= 0.3 is 0 Å². The third kappa shape index (κ3) is 7.11. The number of anilines is 1. The van der Waals surface area contributed by atoms with Crippen LogP contribution in [0, 0.1) is 0 Å². The number of aliphatic imine (C=N–C) groups is 1. The summed E-state index contributed by atoms with van der Waals surface area (Å²) in [6, 6.07) is 15.5. The van der Waals surface area contributed by atoms with Gasteiger partial charge in [0.2, 0.25) is 0 Å². The number of aryl methyl sites for hydroxylation is 1. The van der Waals surface area contributed by atoms with E-state index in [2.05, 4.69) is 34.7 Å². The molecule has 6 heteroatoms. The van der Waals surface area contributed by atoms with Gasteiger partial charge in [0.1, 0.15) is 0 Å². The monoisotopic (exact) mass is 367 g/mol. The summed E-state index contributed by atoms with van der Waals surface area (Å²) in [5.74, 6) is 0.272. The van der Waals surface area contributed by atoms with E-state index < -0.39 is 0 Å². The molecule has 2 rings (SSSR count). The smallest absolute Gasteiger partial charge is 0.251 e. The Morgan fingerprint density at radius 2 is 1.85 bits per heavy atom. The lowest BCUT2D eigenvalue weighted by atomic mass is 10.1. The Hall–Kier alpha value is -2.86. The average molecular weight is 367 g/mol. The van der Waals surface area contributed by atoms with Gasteiger partial charge in [0, 0.05) is 24.3 Å². The summed E-state index contributed by atoms with van der Waals surface area (Å²) < 4.78 is 0. The molecule has 0 aliphatic rings. The van der Waals surface area contributed by atoms with Crippen molar-refractivity contribution in [2.45, 2.75) is 19.9 Å². The van der Waals surface area contributed by atoms with Gasteiger partial charge in [0.05, 0.1) is 6.54 Å². The quantitative estimate of drug-likeness (QED) is 0.494. The molecular weight excluding hydrogens is 338 g/mol. The van der Waals surface area contributed by atoms with Crippen molar-refractivity contribution in [1.29, 1.82) is 0 Å². The summed E-state index contributed by atoms with van der Waals surface area (Å²) in [4.78, 5) is 18.6. The zero-order valence-electron chi connectivity index (χ0n) is 16.3. The molecule has 0 radical (unpaired) electrons. The van der Waals surface area contributed by atoms with Gasteiger partial charge < -0.3 is 21.3 Å². The van der Waals surface area contributed by atoms with Gasteiger partial charge in [-0.1, -0.05) is 31.2 Å². The molecule has 0 fully saturated rings. The fourth-order valence-corrected chi connectivity index (χ4v) is 2.54. The lowest BCUT2D eigenvalue weighted by Crippen LogP contribution is -2.31. The molecular formula is C21H29N5O. The predicted molar refractivity (Wildman–Crippen MR) is 112 cm³/mol. The number of guanidine groups is 1. The third-order valence-electron chi connectivity index (χ3n) is 4.07. The van der Waals surface area contributed by atoms with E-state index in [4.69, 9.17) is 5.73 Å². The molecule has 0 aromatic heterocycles. The van der Waals surface area contributed by atoms with E-state index in [-0.39, 0.29) is 5.91 Å². The predicted octanol–water partition coefficient (Wildman–Crippen LogP) is 2.47. The van der Waals surface area contributed by atoms with Crippen molar-refractivity contribution in [2.75, 3.05) is 32.5 Å². The Bertz CT molecular complexity index is 786. The molecule has 0 bridgehead atoms. The highest BCUT2D eigenvalue weighted by molar-refractivity contribution is 5.94. The first-order valence-corrected chi connectivity index (χ1v) is 9.15. The Balaban J connectivity index is 1.94. The molecule has 27 heavy (non-hydrogen) atoms. The summed E-state index contributed by atoms with van der Waals surface area (Å²) in [5.41, 5.74) is 9.71. The Morgan fingerprint density at radius 1 is 1.11 bits per heavy atom. The Labute approximate surface area is 161 Å². The maximum absolute atomic E-state index is 12.2. The summed E-state index contributed by atoms with van der Waals surface area (Å²) >= 11 is 0. The minimum atomic E-state index is -0.0786. The topological polar surface area (TPSA) is 82.7 Å². The van der Waals surface area contributed by atoms with Crippen LogP contribution in [0.4, 0.5) is 5.69 Å². The van der Waals surface area contributed by atoms with Crippen LogP contribution in [0.15, 0.2) is 53.5 Å². The van der Waals surface area contributed by atoms with Crippen molar-refractivity contribution in [3.8, 4) is 0 Å². The van der Waals surface area contributed by atoms with Gasteiger partial charge in [-0.25, -0.2) is 4.99 Å². The molecule has 4 N–H and O–H groups in total. The van der Waals surface area contributed by atoms with Crippen molar-refractivity contribution >= 4 is 17.6 Å². The van der Waals surface area contributed by atoms with Crippen molar-refractivity contribution < 1.29 is 4.79 Å². The number of carbonyl (C=O) groups is 1. The maximum atomic E-state index is 12.2.